The number of nitrogens with zero attached hydrogens (tertiary/aromatic N) is 6. The van der Waals surface area contributed by atoms with Crippen LogP contribution in [0.15, 0.2) is 35.6 Å². The van der Waals surface area contributed by atoms with Crippen LogP contribution < -0.4 is 0 Å². The standard InChI is InChI=1S/C17H17ClN6/c1-4-14-17-22-21-10(2)24(17)15-6-5-11(7-13(15)16(18)20-14)12-8-19-23(3)9-12/h5-9,14H,4H2,1-3H3/t14-/m0/s1. The highest BCUT2D eigenvalue weighted by Crippen LogP contribution is 2.33. The molecule has 0 aliphatic carbocycles. The van der Waals surface area contributed by atoms with Crippen LogP contribution >= 0.6 is 11.6 Å². The molecule has 3 aromatic rings. The Morgan fingerprint density at radius 1 is 1.21 bits per heavy atom. The Bertz CT molecular complexity index is 952. The van der Waals surface area contributed by atoms with Crippen molar-refractivity contribution >= 4 is 16.8 Å². The molecule has 1 aliphatic heterocycles. The van der Waals surface area contributed by atoms with E-state index in [1.54, 1.807) is 4.68 Å². The molecule has 2 aromatic heterocycles. The van der Waals surface area contributed by atoms with Gasteiger partial charge in [-0.1, -0.05) is 24.6 Å². The van der Waals surface area contributed by atoms with Crippen LogP contribution in [0.3, 0.4) is 0 Å². The third kappa shape index (κ3) is 2.26. The van der Waals surface area contributed by atoms with E-state index in [9.17, 15) is 0 Å². The third-order valence-electron chi connectivity index (χ3n) is 4.30. The summed E-state index contributed by atoms with van der Waals surface area (Å²) in [6, 6.07) is 6.08. The molecule has 122 valence electrons. The molecule has 0 radical (unpaired) electrons. The molecule has 7 heteroatoms. The summed E-state index contributed by atoms with van der Waals surface area (Å²) in [5.41, 5.74) is 3.95. The zero-order valence-electron chi connectivity index (χ0n) is 13.7. The highest BCUT2D eigenvalue weighted by Gasteiger charge is 2.26. The maximum Gasteiger partial charge on any atom is 0.162 e. The molecule has 0 unspecified atom stereocenters. The summed E-state index contributed by atoms with van der Waals surface area (Å²) in [6.45, 7) is 4.02. The SMILES string of the molecule is CC[C@@H]1N=C(Cl)c2cc(-c3cnn(C)c3)ccc2-n2c(C)nnc21. The molecule has 0 saturated carbocycles. The predicted molar refractivity (Wildman–Crippen MR) is 93.7 cm³/mol. The lowest BCUT2D eigenvalue weighted by atomic mass is 10.0. The fraction of sp³-hybridized carbons (Fsp3) is 0.294. The number of aromatic nitrogens is 5. The Hall–Kier alpha value is -2.47. The van der Waals surface area contributed by atoms with Crippen LogP contribution in [-0.2, 0) is 7.05 Å². The van der Waals surface area contributed by atoms with Crippen molar-refractivity contribution in [1.29, 1.82) is 0 Å². The maximum atomic E-state index is 6.56. The normalized spacial score (nSPS) is 16.3. The number of aliphatic imine (C=N–C) groups is 1. The van der Waals surface area contributed by atoms with E-state index < -0.39 is 0 Å². The molecule has 1 aromatic carbocycles. The molecule has 0 fully saturated rings. The molecule has 24 heavy (non-hydrogen) atoms. The Morgan fingerprint density at radius 3 is 2.75 bits per heavy atom. The minimum atomic E-state index is -0.0899. The van der Waals surface area contributed by atoms with Crippen LogP contribution in [-0.4, -0.2) is 29.7 Å². The van der Waals surface area contributed by atoms with Gasteiger partial charge in [-0.25, -0.2) is 0 Å². The first-order chi connectivity index (χ1) is 11.6. The number of aryl methyl sites for hydroxylation is 2. The van der Waals surface area contributed by atoms with E-state index in [2.05, 4.69) is 43.9 Å². The summed E-state index contributed by atoms with van der Waals surface area (Å²) in [6.07, 6.45) is 4.64. The summed E-state index contributed by atoms with van der Waals surface area (Å²) in [5.74, 6) is 1.67. The highest BCUT2D eigenvalue weighted by molar-refractivity contribution is 6.70. The van der Waals surface area contributed by atoms with Gasteiger partial charge in [-0.05, 0) is 31.0 Å². The van der Waals surface area contributed by atoms with E-state index in [4.69, 9.17) is 11.6 Å². The molecule has 0 amide bonds. The van der Waals surface area contributed by atoms with Gasteiger partial charge < -0.3 is 0 Å². The zero-order chi connectivity index (χ0) is 16.8. The number of fused-ring (bicyclic) bond motifs is 3. The fourth-order valence-corrected chi connectivity index (χ4v) is 3.35. The largest absolute Gasteiger partial charge is 0.281 e. The van der Waals surface area contributed by atoms with Crippen molar-refractivity contribution in [2.45, 2.75) is 26.3 Å². The van der Waals surface area contributed by atoms with Crippen LogP contribution in [0.25, 0.3) is 16.8 Å². The molecule has 0 bridgehead atoms. The Labute approximate surface area is 144 Å². The monoisotopic (exact) mass is 340 g/mol. The van der Waals surface area contributed by atoms with Crippen molar-refractivity contribution in [1.82, 2.24) is 24.5 Å². The molecule has 1 atom stereocenters. The lowest BCUT2D eigenvalue weighted by Crippen LogP contribution is -2.06. The quantitative estimate of drug-likeness (QED) is 0.718. The van der Waals surface area contributed by atoms with Gasteiger partial charge in [0.05, 0.1) is 11.9 Å². The van der Waals surface area contributed by atoms with Gasteiger partial charge in [0.15, 0.2) is 5.82 Å². The van der Waals surface area contributed by atoms with Crippen molar-refractivity contribution in [3.05, 3.63) is 47.8 Å². The molecular weight excluding hydrogens is 324 g/mol. The number of rotatable bonds is 2. The van der Waals surface area contributed by atoms with Crippen LogP contribution in [0.4, 0.5) is 0 Å². The number of hydrogen-bond donors (Lipinski definition) is 0. The van der Waals surface area contributed by atoms with E-state index in [-0.39, 0.29) is 6.04 Å². The van der Waals surface area contributed by atoms with Crippen LogP contribution in [0, 0.1) is 6.92 Å². The topological polar surface area (TPSA) is 60.9 Å². The molecule has 0 saturated heterocycles. The van der Waals surface area contributed by atoms with Gasteiger partial charge in [0.2, 0.25) is 0 Å². The summed E-state index contributed by atoms with van der Waals surface area (Å²) in [4.78, 5) is 4.67. The van der Waals surface area contributed by atoms with Crippen molar-refractivity contribution in [3.8, 4) is 16.8 Å². The Morgan fingerprint density at radius 2 is 2.04 bits per heavy atom. The van der Waals surface area contributed by atoms with Crippen molar-refractivity contribution < 1.29 is 0 Å². The molecular formula is C17H17ClN6. The smallest absolute Gasteiger partial charge is 0.162 e. The van der Waals surface area contributed by atoms with Gasteiger partial charge in [0.25, 0.3) is 0 Å². The van der Waals surface area contributed by atoms with Crippen LogP contribution in [0.1, 0.15) is 36.6 Å². The van der Waals surface area contributed by atoms with E-state index >= 15 is 0 Å². The first-order valence-electron chi connectivity index (χ1n) is 7.87. The molecule has 4 rings (SSSR count). The van der Waals surface area contributed by atoms with Crippen molar-refractivity contribution in [2.24, 2.45) is 12.0 Å². The van der Waals surface area contributed by atoms with Gasteiger partial charge in [-0.2, -0.15) is 5.10 Å². The highest BCUT2D eigenvalue weighted by atomic mass is 35.5. The first kappa shape index (κ1) is 15.1. The van der Waals surface area contributed by atoms with E-state index in [1.807, 2.05) is 32.4 Å². The van der Waals surface area contributed by atoms with Crippen LogP contribution in [0.2, 0.25) is 0 Å². The second-order valence-corrected chi connectivity index (χ2v) is 6.28. The molecule has 1 aliphatic rings. The number of hydrogen-bond acceptors (Lipinski definition) is 4. The number of halogens is 1. The molecule has 3 heterocycles. The van der Waals surface area contributed by atoms with Gasteiger partial charge in [0.1, 0.15) is 17.0 Å². The van der Waals surface area contributed by atoms with Gasteiger partial charge in [-0.3, -0.25) is 14.2 Å². The summed E-state index contributed by atoms with van der Waals surface area (Å²) in [5, 5.41) is 13.3. The zero-order valence-corrected chi connectivity index (χ0v) is 14.5. The fourth-order valence-electron chi connectivity index (χ4n) is 3.08. The Kier molecular flexibility index (Phi) is 3.49. The third-order valence-corrected chi connectivity index (χ3v) is 4.60. The van der Waals surface area contributed by atoms with Gasteiger partial charge in [-0.15, -0.1) is 10.2 Å². The van der Waals surface area contributed by atoms with Crippen molar-refractivity contribution in [3.63, 3.8) is 0 Å². The lowest BCUT2D eigenvalue weighted by molar-refractivity contribution is 0.640. The van der Waals surface area contributed by atoms with E-state index in [0.29, 0.717) is 5.17 Å². The lowest BCUT2D eigenvalue weighted by Gasteiger charge is -2.12. The summed E-state index contributed by atoms with van der Waals surface area (Å²) < 4.78 is 3.83. The molecule has 0 spiro atoms. The second kappa shape index (κ2) is 5.56. The molecule has 6 nitrogen and oxygen atoms in total. The minimum absolute atomic E-state index is 0.0899. The van der Waals surface area contributed by atoms with Crippen LogP contribution in [0.5, 0.6) is 0 Å². The first-order valence-corrected chi connectivity index (χ1v) is 8.25. The van der Waals surface area contributed by atoms with Gasteiger partial charge >= 0.3 is 0 Å². The Balaban J connectivity index is 1.95. The average Bonchev–Trinajstić information content (AvgIpc) is 3.15. The number of benzene rings is 1. The average molecular weight is 341 g/mol. The summed E-state index contributed by atoms with van der Waals surface area (Å²) in [7, 11) is 1.90. The van der Waals surface area contributed by atoms with Crippen molar-refractivity contribution in [2.75, 3.05) is 0 Å². The second-order valence-electron chi connectivity index (χ2n) is 5.92. The van der Waals surface area contributed by atoms with E-state index in [1.165, 1.54) is 0 Å². The minimum Gasteiger partial charge on any atom is -0.281 e. The van der Waals surface area contributed by atoms with Gasteiger partial charge in [0, 0.05) is 24.4 Å². The molecule has 0 N–H and O–H groups in total. The predicted octanol–water partition coefficient (Wildman–Crippen LogP) is 3.43. The summed E-state index contributed by atoms with van der Waals surface area (Å²) >= 11 is 6.56. The maximum absolute atomic E-state index is 6.56. The van der Waals surface area contributed by atoms with E-state index in [0.717, 1.165) is 40.4 Å².